The Hall–Kier alpha value is -1.32. The lowest BCUT2D eigenvalue weighted by Crippen LogP contribution is -2.38. The molecule has 0 amide bonds. The Kier molecular flexibility index (Phi) is 2.04. The van der Waals surface area contributed by atoms with Crippen molar-refractivity contribution in [3.63, 3.8) is 0 Å². The number of hydrogen-bond acceptors (Lipinski definition) is 4. The van der Waals surface area contributed by atoms with Gasteiger partial charge in [0.2, 0.25) is 0 Å². The molecule has 0 atom stereocenters. The topological polar surface area (TPSA) is 38.2 Å². The summed E-state index contributed by atoms with van der Waals surface area (Å²) in [5, 5.41) is 7.93. The SMILES string of the molecule is CC(C)N1CCOc2ccnnc21. The Labute approximate surface area is 77.5 Å². The molecule has 0 spiro atoms. The molecule has 0 fully saturated rings. The normalized spacial score (nSPS) is 15.5. The van der Waals surface area contributed by atoms with Gasteiger partial charge in [-0.3, -0.25) is 0 Å². The van der Waals surface area contributed by atoms with Gasteiger partial charge in [-0.15, -0.1) is 5.10 Å². The summed E-state index contributed by atoms with van der Waals surface area (Å²) >= 11 is 0. The maximum Gasteiger partial charge on any atom is 0.194 e. The fourth-order valence-corrected chi connectivity index (χ4v) is 1.49. The van der Waals surface area contributed by atoms with Gasteiger partial charge < -0.3 is 9.64 Å². The summed E-state index contributed by atoms with van der Waals surface area (Å²) in [5.74, 6) is 1.71. The third kappa shape index (κ3) is 1.43. The molecule has 0 N–H and O–H groups in total. The molecule has 0 saturated carbocycles. The van der Waals surface area contributed by atoms with Gasteiger partial charge in [-0.05, 0) is 13.8 Å². The molecule has 4 heteroatoms. The van der Waals surface area contributed by atoms with Crippen LogP contribution in [0.4, 0.5) is 5.82 Å². The Morgan fingerprint density at radius 2 is 2.38 bits per heavy atom. The second-order valence-corrected chi connectivity index (χ2v) is 3.35. The Morgan fingerprint density at radius 1 is 1.54 bits per heavy atom. The number of rotatable bonds is 1. The molecule has 1 aliphatic heterocycles. The van der Waals surface area contributed by atoms with Crippen LogP contribution in [0.2, 0.25) is 0 Å². The third-order valence-electron chi connectivity index (χ3n) is 2.15. The highest BCUT2D eigenvalue weighted by atomic mass is 16.5. The zero-order valence-corrected chi connectivity index (χ0v) is 7.90. The van der Waals surface area contributed by atoms with Crippen LogP contribution in [0.3, 0.4) is 0 Å². The number of fused-ring (bicyclic) bond motifs is 1. The van der Waals surface area contributed by atoms with Gasteiger partial charge in [-0.1, -0.05) is 0 Å². The van der Waals surface area contributed by atoms with Gasteiger partial charge in [0.05, 0.1) is 12.7 Å². The third-order valence-corrected chi connectivity index (χ3v) is 2.15. The van der Waals surface area contributed by atoms with Crippen molar-refractivity contribution in [3.05, 3.63) is 12.3 Å². The lowest BCUT2D eigenvalue weighted by atomic mass is 10.3. The van der Waals surface area contributed by atoms with Crippen LogP contribution in [0, 0.1) is 0 Å². The van der Waals surface area contributed by atoms with Crippen LogP contribution in [-0.4, -0.2) is 29.4 Å². The molecule has 0 saturated heterocycles. The molecule has 0 aliphatic carbocycles. The highest BCUT2D eigenvalue weighted by molar-refractivity contribution is 5.53. The van der Waals surface area contributed by atoms with E-state index in [0.717, 1.165) is 24.7 Å². The van der Waals surface area contributed by atoms with E-state index in [1.54, 1.807) is 6.20 Å². The van der Waals surface area contributed by atoms with Crippen molar-refractivity contribution in [2.45, 2.75) is 19.9 Å². The monoisotopic (exact) mass is 179 g/mol. The molecular formula is C9H13N3O. The Balaban J connectivity index is 2.37. The van der Waals surface area contributed by atoms with Gasteiger partial charge in [-0.2, -0.15) is 5.10 Å². The quantitative estimate of drug-likeness (QED) is 0.646. The fraction of sp³-hybridized carbons (Fsp3) is 0.556. The molecule has 0 bridgehead atoms. The number of hydrogen-bond donors (Lipinski definition) is 0. The summed E-state index contributed by atoms with van der Waals surface area (Å²) in [6.07, 6.45) is 1.66. The minimum atomic E-state index is 0.444. The van der Waals surface area contributed by atoms with Gasteiger partial charge in [0, 0.05) is 12.1 Å². The van der Waals surface area contributed by atoms with Crippen LogP contribution in [0.15, 0.2) is 12.3 Å². The molecule has 2 rings (SSSR count). The highest BCUT2D eigenvalue weighted by Gasteiger charge is 2.21. The minimum absolute atomic E-state index is 0.444. The number of nitrogens with zero attached hydrogens (tertiary/aromatic N) is 3. The van der Waals surface area contributed by atoms with E-state index in [1.807, 2.05) is 6.07 Å². The van der Waals surface area contributed by atoms with E-state index in [4.69, 9.17) is 4.74 Å². The first-order chi connectivity index (χ1) is 6.29. The molecule has 70 valence electrons. The highest BCUT2D eigenvalue weighted by Crippen LogP contribution is 2.28. The van der Waals surface area contributed by atoms with Crippen molar-refractivity contribution >= 4 is 5.82 Å². The second kappa shape index (κ2) is 3.20. The van der Waals surface area contributed by atoms with Crippen molar-refractivity contribution in [3.8, 4) is 5.75 Å². The molecule has 2 heterocycles. The van der Waals surface area contributed by atoms with Gasteiger partial charge in [0.1, 0.15) is 6.61 Å². The number of aromatic nitrogens is 2. The Morgan fingerprint density at radius 3 is 3.15 bits per heavy atom. The summed E-state index contributed by atoms with van der Waals surface area (Å²) in [5.41, 5.74) is 0. The Bertz CT molecular complexity index is 301. The number of ether oxygens (including phenoxy) is 1. The molecule has 1 aliphatic rings. The van der Waals surface area contributed by atoms with E-state index < -0.39 is 0 Å². The van der Waals surface area contributed by atoms with Crippen molar-refractivity contribution in [1.82, 2.24) is 10.2 Å². The van der Waals surface area contributed by atoms with Crippen LogP contribution in [0.5, 0.6) is 5.75 Å². The molecule has 0 unspecified atom stereocenters. The van der Waals surface area contributed by atoms with Gasteiger partial charge in [0.15, 0.2) is 11.6 Å². The minimum Gasteiger partial charge on any atom is -0.488 e. The average molecular weight is 179 g/mol. The smallest absolute Gasteiger partial charge is 0.194 e. The summed E-state index contributed by atoms with van der Waals surface area (Å²) in [6.45, 7) is 5.91. The number of anilines is 1. The van der Waals surface area contributed by atoms with Crippen LogP contribution in [0.25, 0.3) is 0 Å². The van der Waals surface area contributed by atoms with E-state index in [1.165, 1.54) is 0 Å². The summed E-state index contributed by atoms with van der Waals surface area (Å²) in [4.78, 5) is 2.20. The summed E-state index contributed by atoms with van der Waals surface area (Å²) in [6, 6.07) is 2.30. The molecule has 4 nitrogen and oxygen atoms in total. The van der Waals surface area contributed by atoms with Crippen molar-refractivity contribution in [1.29, 1.82) is 0 Å². The summed E-state index contributed by atoms with van der Waals surface area (Å²) in [7, 11) is 0. The standard InChI is InChI=1S/C9H13N3O/c1-7(2)12-5-6-13-8-3-4-10-11-9(8)12/h3-4,7H,5-6H2,1-2H3. The lowest BCUT2D eigenvalue weighted by Gasteiger charge is -2.32. The van der Waals surface area contributed by atoms with Gasteiger partial charge in [-0.25, -0.2) is 0 Å². The van der Waals surface area contributed by atoms with E-state index >= 15 is 0 Å². The van der Waals surface area contributed by atoms with Crippen LogP contribution < -0.4 is 9.64 Å². The van der Waals surface area contributed by atoms with E-state index in [9.17, 15) is 0 Å². The van der Waals surface area contributed by atoms with E-state index in [2.05, 4.69) is 28.9 Å². The van der Waals surface area contributed by atoms with E-state index in [0.29, 0.717) is 6.04 Å². The zero-order chi connectivity index (χ0) is 9.26. The maximum atomic E-state index is 5.46. The van der Waals surface area contributed by atoms with Crippen molar-refractivity contribution < 1.29 is 4.74 Å². The molecule has 0 aromatic carbocycles. The van der Waals surface area contributed by atoms with Crippen LogP contribution >= 0.6 is 0 Å². The predicted octanol–water partition coefficient (Wildman–Crippen LogP) is 1.08. The van der Waals surface area contributed by atoms with Gasteiger partial charge in [0.25, 0.3) is 0 Å². The largest absolute Gasteiger partial charge is 0.488 e. The fourth-order valence-electron chi connectivity index (χ4n) is 1.49. The van der Waals surface area contributed by atoms with Crippen molar-refractivity contribution in [2.24, 2.45) is 0 Å². The predicted molar refractivity (Wildman–Crippen MR) is 50.0 cm³/mol. The van der Waals surface area contributed by atoms with E-state index in [-0.39, 0.29) is 0 Å². The first-order valence-corrected chi connectivity index (χ1v) is 4.50. The first-order valence-electron chi connectivity index (χ1n) is 4.50. The zero-order valence-electron chi connectivity index (χ0n) is 7.90. The van der Waals surface area contributed by atoms with Crippen molar-refractivity contribution in [2.75, 3.05) is 18.1 Å². The second-order valence-electron chi connectivity index (χ2n) is 3.35. The maximum absolute atomic E-state index is 5.46. The molecule has 0 radical (unpaired) electrons. The van der Waals surface area contributed by atoms with Crippen LogP contribution in [-0.2, 0) is 0 Å². The lowest BCUT2D eigenvalue weighted by molar-refractivity contribution is 0.299. The molecule has 1 aromatic heterocycles. The van der Waals surface area contributed by atoms with Gasteiger partial charge >= 0.3 is 0 Å². The molecule has 1 aromatic rings. The average Bonchev–Trinajstić information content (AvgIpc) is 2.17. The first kappa shape index (κ1) is 8.29. The molecule has 13 heavy (non-hydrogen) atoms. The molecular weight excluding hydrogens is 166 g/mol. The summed E-state index contributed by atoms with van der Waals surface area (Å²) < 4.78 is 5.46. The van der Waals surface area contributed by atoms with Crippen LogP contribution in [0.1, 0.15) is 13.8 Å².